The fourth-order valence-electron chi connectivity index (χ4n) is 3.62. The Bertz CT molecular complexity index is 1230. The topological polar surface area (TPSA) is 66.5 Å². The van der Waals surface area contributed by atoms with Gasteiger partial charge in [-0.25, -0.2) is 8.42 Å². The maximum absolute atomic E-state index is 13.4. The Labute approximate surface area is 195 Å². The minimum absolute atomic E-state index is 0.0887. The number of rotatable bonds is 7. The highest BCUT2D eigenvalue weighted by molar-refractivity contribution is 7.92. The van der Waals surface area contributed by atoms with Crippen molar-refractivity contribution in [2.45, 2.75) is 38.6 Å². The number of hydrogen-bond acceptors (Lipinski definition) is 3. The van der Waals surface area contributed by atoms with Gasteiger partial charge >= 0.3 is 0 Å². The van der Waals surface area contributed by atoms with Crippen LogP contribution in [0.25, 0.3) is 0 Å². The van der Waals surface area contributed by atoms with Crippen LogP contribution in [0.4, 0.5) is 5.69 Å². The van der Waals surface area contributed by atoms with Gasteiger partial charge in [-0.3, -0.25) is 9.10 Å². The summed E-state index contributed by atoms with van der Waals surface area (Å²) < 4.78 is 27.9. The van der Waals surface area contributed by atoms with Gasteiger partial charge in [0.15, 0.2) is 0 Å². The van der Waals surface area contributed by atoms with E-state index in [4.69, 9.17) is 11.6 Å². The van der Waals surface area contributed by atoms with Gasteiger partial charge in [-0.1, -0.05) is 54.1 Å². The zero-order valence-corrected chi connectivity index (χ0v) is 20.2. The van der Waals surface area contributed by atoms with Crippen LogP contribution in [0.5, 0.6) is 0 Å². The molecule has 3 aromatic carbocycles. The van der Waals surface area contributed by atoms with Crippen LogP contribution < -0.4 is 9.62 Å². The summed E-state index contributed by atoms with van der Waals surface area (Å²) in [6, 6.07) is 18.5. The molecule has 0 aliphatic heterocycles. The molecule has 1 N–H and O–H groups in total. The second-order valence-electron chi connectivity index (χ2n) is 7.86. The lowest BCUT2D eigenvalue weighted by Gasteiger charge is -2.26. The maximum atomic E-state index is 13.4. The first-order chi connectivity index (χ1) is 15.1. The molecule has 168 valence electrons. The molecule has 0 saturated heterocycles. The molecule has 1 amide bonds. The molecule has 0 aromatic heterocycles. The van der Waals surface area contributed by atoms with Gasteiger partial charge in [-0.05, 0) is 74.2 Å². The normalized spacial score (nSPS) is 12.3. The maximum Gasteiger partial charge on any atom is 0.264 e. The van der Waals surface area contributed by atoms with Gasteiger partial charge in [0.1, 0.15) is 6.54 Å². The summed E-state index contributed by atoms with van der Waals surface area (Å²) in [7, 11) is -4.00. The standard InChI is InChI=1S/C25H27ClN2O3S/c1-17-14-19(3)22(15-18(17)2)20(4)27-25(29)16-28(24-13-9-8-12-23(24)26)32(30,31)21-10-6-5-7-11-21/h5-15,20H,16H2,1-4H3,(H,27,29)/t20-/m0/s1. The van der Waals surface area contributed by atoms with Crippen molar-refractivity contribution in [3.63, 3.8) is 0 Å². The van der Waals surface area contributed by atoms with Gasteiger partial charge in [0.25, 0.3) is 10.0 Å². The van der Waals surface area contributed by atoms with E-state index in [0.29, 0.717) is 0 Å². The number of carbonyl (C=O) groups is 1. The third-order valence-corrected chi connectivity index (χ3v) is 7.56. The lowest BCUT2D eigenvalue weighted by Crippen LogP contribution is -2.41. The molecule has 3 rings (SSSR count). The lowest BCUT2D eigenvalue weighted by atomic mass is 9.96. The first-order valence-corrected chi connectivity index (χ1v) is 12.1. The summed E-state index contributed by atoms with van der Waals surface area (Å²) in [5, 5.41) is 3.19. The highest BCUT2D eigenvalue weighted by Crippen LogP contribution is 2.30. The SMILES string of the molecule is Cc1cc(C)c([C@H](C)NC(=O)CN(c2ccccc2Cl)S(=O)(=O)c2ccccc2)cc1C. The highest BCUT2D eigenvalue weighted by atomic mass is 35.5. The van der Waals surface area contributed by atoms with Gasteiger partial charge < -0.3 is 5.32 Å². The highest BCUT2D eigenvalue weighted by Gasteiger charge is 2.29. The molecule has 0 fully saturated rings. The van der Waals surface area contributed by atoms with Gasteiger partial charge in [0.05, 0.1) is 21.6 Å². The van der Waals surface area contributed by atoms with Crippen molar-refractivity contribution in [2.75, 3.05) is 10.8 Å². The Morgan fingerprint density at radius 2 is 1.53 bits per heavy atom. The monoisotopic (exact) mass is 470 g/mol. The van der Waals surface area contributed by atoms with Crippen LogP contribution in [0, 0.1) is 20.8 Å². The van der Waals surface area contributed by atoms with Gasteiger partial charge in [0.2, 0.25) is 5.91 Å². The summed E-state index contributed by atoms with van der Waals surface area (Å²) in [4.78, 5) is 13.1. The zero-order chi connectivity index (χ0) is 23.5. The Morgan fingerprint density at radius 1 is 0.938 bits per heavy atom. The van der Waals surface area contributed by atoms with Crippen LogP contribution in [0.1, 0.15) is 35.2 Å². The van der Waals surface area contributed by atoms with Crippen LogP contribution >= 0.6 is 11.6 Å². The molecule has 3 aromatic rings. The van der Waals surface area contributed by atoms with Crippen molar-refractivity contribution < 1.29 is 13.2 Å². The number of aryl methyl sites for hydroxylation is 3. The molecule has 0 spiro atoms. The Morgan fingerprint density at radius 3 is 2.19 bits per heavy atom. The number of benzene rings is 3. The minimum Gasteiger partial charge on any atom is -0.348 e. The van der Waals surface area contributed by atoms with Crippen LogP contribution in [0.15, 0.2) is 71.6 Å². The summed E-state index contributed by atoms with van der Waals surface area (Å²) in [5.41, 5.74) is 4.64. The molecule has 0 radical (unpaired) electrons. The summed E-state index contributed by atoms with van der Waals surface area (Å²) in [6.07, 6.45) is 0. The predicted molar refractivity (Wildman–Crippen MR) is 130 cm³/mol. The van der Waals surface area contributed by atoms with Crippen LogP contribution in [-0.4, -0.2) is 20.9 Å². The van der Waals surface area contributed by atoms with Crippen LogP contribution in [0.2, 0.25) is 5.02 Å². The third kappa shape index (κ3) is 5.14. The van der Waals surface area contributed by atoms with E-state index in [-0.39, 0.29) is 21.6 Å². The molecule has 32 heavy (non-hydrogen) atoms. The summed E-state index contributed by atoms with van der Waals surface area (Å²) in [6.45, 7) is 7.57. The fraction of sp³-hybridized carbons (Fsp3) is 0.240. The molecule has 0 saturated carbocycles. The van der Waals surface area contributed by atoms with E-state index in [1.165, 1.54) is 17.7 Å². The molecule has 0 bridgehead atoms. The summed E-state index contributed by atoms with van der Waals surface area (Å²) >= 11 is 6.31. The van der Waals surface area contributed by atoms with Crippen molar-refractivity contribution in [2.24, 2.45) is 0 Å². The molecular formula is C25H27ClN2O3S. The number of sulfonamides is 1. The van der Waals surface area contributed by atoms with Crippen molar-refractivity contribution in [3.05, 3.63) is 94.0 Å². The second-order valence-corrected chi connectivity index (χ2v) is 10.1. The largest absolute Gasteiger partial charge is 0.348 e. The van der Waals surface area contributed by atoms with Gasteiger partial charge in [-0.2, -0.15) is 0 Å². The zero-order valence-electron chi connectivity index (χ0n) is 18.6. The van der Waals surface area contributed by atoms with Gasteiger partial charge in [0, 0.05) is 0 Å². The van der Waals surface area contributed by atoms with E-state index >= 15 is 0 Å². The molecule has 7 heteroatoms. The van der Waals surface area contributed by atoms with Crippen LogP contribution in [0.3, 0.4) is 0 Å². The number of amides is 1. The van der Waals surface area contributed by atoms with E-state index < -0.39 is 22.5 Å². The molecule has 0 aliphatic rings. The molecule has 0 aliphatic carbocycles. The molecule has 5 nitrogen and oxygen atoms in total. The number of anilines is 1. The predicted octanol–water partition coefficient (Wildman–Crippen LogP) is 5.34. The molecule has 0 unspecified atom stereocenters. The first-order valence-electron chi connectivity index (χ1n) is 10.3. The van der Waals surface area contributed by atoms with Crippen molar-refractivity contribution >= 4 is 33.2 Å². The number of para-hydroxylation sites is 1. The number of hydrogen-bond donors (Lipinski definition) is 1. The Balaban J connectivity index is 1.91. The fourth-order valence-corrected chi connectivity index (χ4v) is 5.37. The molecular weight excluding hydrogens is 444 g/mol. The summed E-state index contributed by atoms with van der Waals surface area (Å²) in [5.74, 6) is -0.422. The van der Waals surface area contributed by atoms with E-state index in [1.807, 2.05) is 27.7 Å². The number of halogens is 1. The lowest BCUT2D eigenvalue weighted by molar-refractivity contribution is -0.120. The van der Waals surface area contributed by atoms with E-state index in [9.17, 15) is 13.2 Å². The van der Waals surface area contributed by atoms with Crippen LogP contribution in [-0.2, 0) is 14.8 Å². The smallest absolute Gasteiger partial charge is 0.264 e. The number of nitrogens with one attached hydrogen (secondary N) is 1. The number of carbonyl (C=O) groups excluding carboxylic acids is 1. The first kappa shape index (κ1) is 23.8. The minimum atomic E-state index is -4.00. The van der Waals surface area contributed by atoms with Crippen molar-refractivity contribution in [3.8, 4) is 0 Å². The van der Waals surface area contributed by atoms with E-state index in [0.717, 1.165) is 21.0 Å². The van der Waals surface area contributed by atoms with Crippen molar-refractivity contribution in [1.29, 1.82) is 0 Å². The third-order valence-electron chi connectivity index (χ3n) is 5.47. The molecule has 0 heterocycles. The van der Waals surface area contributed by atoms with Gasteiger partial charge in [-0.15, -0.1) is 0 Å². The average Bonchev–Trinajstić information content (AvgIpc) is 2.75. The average molecular weight is 471 g/mol. The quantitative estimate of drug-likeness (QED) is 0.507. The Kier molecular flexibility index (Phi) is 7.26. The Hall–Kier alpha value is -2.83. The van der Waals surface area contributed by atoms with E-state index in [1.54, 1.807) is 42.5 Å². The van der Waals surface area contributed by atoms with E-state index in [2.05, 4.69) is 17.4 Å². The van der Waals surface area contributed by atoms with Crippen molar-refractivity contribution in [1.82, 2.24) is 5.32 Å². The second kappa shape index (κ2) is 9.76. The number of nitrogens with zero attached hydrogens (tertiary/aromatic N) is 1. The molecule has 1 atom stereocenters.